The van der Waals surface area contributed by atoms with Crippen LogP contribution >= 0.6 is 0 Å². The van der Waals surface area contributed by atoms with Crippen LogP contribution in [-0.2, 0) is 4.79 Å². The third-order valence-electron chi connectivity index (χ3n) is 4.93. The normalized spacial score (nSPS) is 10.9. The van der Waals surface area contributed by atoms with E-state index in [1.165, 1.54) is 0 Å². The molecule has 0 bridgehead atoms. The van der Waals surface area contributed by atoms with E-state index in [-0.39, 0.29) is 12.5 Å². The van der Waals surface area contributed by atoms with Gasteiger partial charge in [-0.25, -0.2) is 4.98 Å². The van der Waals surface area contributed by atoms with Gasteiger partial charge in [-0.15, -0.1) is 0 Å². The number of fused-ring (bicyclic) bond motifs is 2. The van der Waals surface area contributed by atoms with Gasteiger partial charge in [0.25, 0.3) is 5.91 Å². The molecular weight excluding hydrogens is 374 g/mol. The maximum atomic E-state index is 12.7. The summed E-state index contributed by atoms with van der Waals surface area (Å²) in [5.41, 5.74) is 2.43. The number of carbonyl (C=O) groups is 1. The van der Waals surface area contributed by atoms with E-state index in [1.54, 1.807) is 0 Å². The molecule has 0 aliphatic heterocycles. The fourth-order valence-electron chi connectivity index (χ4n) is 3.49. The third-order valence-corrected chi connectivity index (χ3v) is 4.93. The zero-order valence-electron chi connectivity index (χ0n) is 16.2. The SMILES string of the molecule is O=C(COc1ccc2ccccc2c1)Nc1c(-c2ccccc2)nc2ccccn12. The molecule has 0 aliphatic rings. The Morgan fingerprint density at radius 2 is 1.63 bits per heavy atom. The van der Waals surface area contributed by atoms with Crippen LogP contribution < -0.4 is 10.1 Å². The van der Waals surface area contributed by atoms with Gasteiger partial charge in [-0.2, -0.15) is 0 Å². The third kappa shape index (κ3) is 3.49. The molecule has 5 aromatic rings. The first-order chi connectivity index (χ1) is 14.8. The van der Waals surface area contributed by atoms with E-state index in [4.69, 9.17) is 9.72 Å². The minimum absolute atomic E-state index is 0.0906. The molecule has 0 aliphatic carbocycles. The average Bonchev–Trinajstić information content (AvgIpc) is 3.16. The van der Waals surface area contributed by atoms with Gasteiger partial charge in [0.1, 0.15) is 22.9 Å². The molecule has 1 N–H and O–H groups in total. The molecule has 0 radical (unpaired) electrons. The van der Waals surface area contributed by atoms with Gasteiger partial charge in [0.05, 0.1) is 0 Å². The molecular formula is C25H19N3O2. The van der Waals surface area contributed by atoms with Crippen LogP contribution in [0.2, 0.25) is 0 Å². The number of nitrogens with one attached hydrogen (secondary N) is 1. The molecule has 1 amide bonds. The topological polar surface area (TPSA) is 55.6 Å². The molecule has 30 heavy (non-hydrogen) atoms. The number of nitrogens with zero attached hydrogens (tertiary/aromatic N) is 2. The summed E-state index contributed by atoms with van der Waals surface area (Å²) in [5, 5.41) is 5.18. The van der Waals surface area contributed by atoms with Crippen molar-refractivity contribution < 1.29 is 9.53 Å². The first-order valence-corrected chi connectivity index (χ1v) is 9.72. The van der Waals surface area contributed by atoms with Crippen molar-refractivity contribution in [2.75, 3.05) is 11.9 Å². The van der Waals surface area contributed by atoms with E-state index in [0.717, 1.165) is 27.7 Å². The van der Waals surface area contributed by atoms with E-state index in [1.807, 2.05) is 102 Å². The number of hydrogen-bond donors (Lipinski definition) is 1. The first-order valence-electron chi connectivity index (χ1n) is 9.72. The van der Waals surface area contributed by atoms with Gasteiger partial charge in [-0.1, -0.05) is 66.7 Å². The van der Waals surface area contributed by atoms with Crippen molar-refractivity contribution in [2.24, 2.45) is 0 Å². The fraction of sp³-hybridized carbons (Fsp3) is 0.0400. The lowest BCUT2D eigenvalue weighted by molar-refractivity contribution is -0.118. The minimum Gasteiger partial charge on any atom is -0.484 e. The molecule has 0 atom stereocenters. The summed E-state index contributed by atoms with van der Waals surface area (Å²) in [5.74, 6) is 1.04. The summed E-state index contributed by atoms with van der Waals surface area (Å²) in [4.78, 5) is 17.4. The molecule has 0 unspecified atom stereocenters. The fourth-order valence-corrected chi connectivity index (χ4v) is 3.49. The van der Waals surface area contributed by atoms with Crippen LogP contribution in [-0.4, -0.2) is 21.9 Å². The van der Waals surface area contributed by atoms with Gasteiger partial charge in [0.15, 0.2) is 6.61 Å². The lowest BCUT2D eigenvalue weighted by Gasteiger charge is -2.10. The molecule has 2 aromatic heterocycles. The van der Waals surface area contributed by atoms with Gasteiger partial charge < -0.3 is 10.1 Å². The Bertz CT molecular complexity index is 1340. The van der Waals surface area contributed by atoms with Gasteiger partial charge in [-0.05, 0) is 35.0 Å². The highest BCUT2D eigenvalue weighted by molar-refractivity contribution is 5.95. The van der Waals surface area contributed by atoms with E-state index in [0.29, 0.717) is 11.6 Å². The predicted octanol–water partition coefficient (Wildman–Crippen LogP) is 5.17. The van der Waals surface area contributed by atoms with Crippen LogP contribution in [0.3, 0.4) is 0 Å². The van der Waals surface area contributed by atoms with Gasteiger partial charge >= 0.3 is 0 Å². The minimum atomic E-state index is -0.244. The molecule has 0 saturated heterocycles. The van der Waals surface area contributed by atoms with Crippen LogP contribution in [0.25, 0.3) is 27.7 Å². The smallest absolute Gasteiger partial charge is 0.263 e. The molecule has 0 fully saturated rings. The summed E-state index contributed by atoms with van der Waals surface area (Å²) in [6.45, 7) is -0.0906. The average molecular weight is 393 g/mol. The number of hydrogen-bond acceptors (Lipinski definition) is 3. The van der Waals surface area contributed by atoms with Gasteiger partial charge in [0, 0.05) is 11.8 Å². The molecule has 2 heterocycles. The summed E-state index contributed by atoms with van der Waals surface area (Å²) in [6, 6.07) is 29.4. The number of rotatable bonds is 5. The van der Waals surface area contributed by atoms with Gasteiger partial charge in [0.2, 0.25) is 0 Å². The summed E-state index contributed by atoms with van der Waals surface area (Å²) >= 11 is 0. The lowest BCUT2D eigenvalue weighted by atomic mass is 10.1. The highest BCUT2D eigenvalue weighted by Crippen LogP contribution is 2.28. The Morgan fingerprint density at radius 1 is 0.867 bits per heavy atom. The molecule has 5 heteroatoms. The second kappa shape index (κ2) is 7.72. The number of anilines is 1. The summed E-state index contributed by atoms with van der Waals surface area (Å²) in [7, 11) is 0. The van der Waals surface area contributed by atoms with Crippen LogP contribution in [0.1, 0.15) is 0 Å². The van der Waals surface area contributed by atoms with E-state index in [2.05, 4.69) is 5.32 Å². The van der Waals surface area contributed by atoms with Crippen molar-refractivity contribution in [2.45, 2.75) is 0 Å². The van der Waals surface area contributed by atoms with Gasteiger partial charge in [-0.3, -0.25) is 9.20 Å². The second-order valence-corrected chi connectivity index (χ2v) is 6.95. The first kappa shape index (κ1) is 17.9. The van der Waals surface area contributed by atoms with Crippen LogP contribution in [0.15, 0.2) is 97.2 Å². The number of imidazole rings is 1. The van der Waals surface area contributed by atoms with Crippen LogP contribution in [0.4, 0.5) is 5.82 Å². The quantitative estimate of drug-likeness (QED) is 0.448. The zero-order chi connectivity index (χ0) is 20.3. The Hall–Kier alpha value is -4.12. The highest BCUT2D eigenvalue weighted by Gasteiger charge is 2.16. The monoisotopic (exact) mass is 393 g/mol. The number of ether oxygens (including phenoxy) is 1. The highest BCUT2D eigenvalue weighted by atomic mass is 16.5. The standard InChI is InChI=1S/C25H19N3O2/c29-23(17-30-21-14-13-18-8-4-5-11-20(18)16-21)27-25-24(19-9-2-1-3-10-19)26-22-12-6-7-15-28(22)25/h1-16H,17H2,(H,27,29). The molecule has 0 spiro atoms. The number of pyridine rings is 1. The molecule has 3 aromatic carbocycles. The van der Waals surface area contributed by atoms with E-state index >= 15 is 0 Å². The largest absolute Gasteiger partial charge is 0.484 e. The van der Waals surface area contributed by atoms with Crippen molar-refractivity contribution in [3.05, 3.63) is 97.2 Å². The van der Waals surface area contributed by atoms with Crippen molar-refractivity contribution >= 4 is 28.1 Å². The number of carbonyl (C=O) groups excluding carboxylic acids is 1. The Morgan fingerprint density at radius 3 is 2.50 bits per heavy atom. The molecule has 5 rings (SSSR count). The van der Waals surface area contributed by atoms with Crippen LogP contribution in [0, 0.1) is 0 Å². The summed E-state index contributed by atoms with van der Waals surface area (Å²) < 4.78 is 7.61. The maximum absolute atomic E-state index is 12.7. The number of aromatic nitrogens is 2. The van der Waals surface area contributed by atoms with Crippen molar-refractivity contribution in [3.63, 3.8) is 0 Å². The molecule has 0 saturated carbocycles. The molecule has 146 valence electrons. The van der Waals surface area contributed by atoms with Crippen molar-refractivity contribution in [1.29, 1.82) is 0 Å². The number of benzene rings is 3. The van der Waals surface area contributed by atoms with Crippen molar-refractivity contribution in [1.82, 2.24) is 9.38 Å². The molecule has 5 nitrogen and oxygen atoms in total. The Kier molecular flexibility index (Phi) is 4.62. The predicted molar refractivity (Wildman–Crippen MR) is 119 cm³/mol. The number of amides is 1. The Labute approximate surface area is 173 Å². The van der Waals surface area contributed by atoms with E-state index in [9.17, 15) is 4.79 Å². The zero-order valence-corrected chi connectivity index (χ0v) is 16.2. The second-order valence-electron chi connectivity index (χ2n) is 6.95. The van der Waals surface area contributed by atoms with E-state index < -0.39 is 0 Å². The van der Waals surface area contributed by atoms with Crippen LogP contribution in [0.5, 0.6) is 5.75 Å². The van der Waals surface area contributed by atoms with Crippen molar-refractivity contribution in [3.8, 4) is 17.0 Å². The maximum Gasteiger partial charge on any atom is 0.263 e. The lowest BCUT2D eigenvalue weighted by Crippen LogP contribution is -2.21. The summed E-state index contributed by atoms with van der Waals surface area (Å²) in [6.07, 6.45) is 1.88. The Balaban J connectivity index is 1.39.